The van der Waals surface area contributed by atoms with E-state index in [1.165, 1.54) is 19.2 Å². The summed E-state index contributed by atoms with van der Waals surface area (Å²) in [5.41, 5.74) is 0.971. The van der Waals surface area contributed by atoms with Crippen molar-refractivity contribution in [1.29, 1.82) is 0 Å². The maximum Gasteiger partial charge on any atom is 0.331 e. The average Bonchev–Trinajstić information content (AvgIpc) is 3.03. The van der Waals surface area contributed by atoms with E-state index in [0.29, 0.717) is 20.8 Å². The van der Waals surface area contributed by atoms with Crippen molar-refractivity contribution in [3.8, 4) is 0 Å². The van der Waals surface area contributed by atoms with Crippen LogP contribution >= 0.6 is 22.6 Å². The third-order valence-corrected chi connectivity index (χ3v) is 3.56. The molecule has 25 heavy (non-hydrogen) atoms. The second-order valence-electron chi connectivity index (χ2n) is 4.79. The Bertz CT molecular complexity index is 796. The van der Waals surface area contributed by atoms with Crippen LogP contribution in [-0.4, -0.2) is 31.4 Å². The second-order valence-corrected chi connectivity index (χ2v) is 5.85. The summed E-state index contributed by atoms with van der Waals surface area (Å²) in [6.07, 6.45) is 2.64. The molecule has 2 aromatic rings. The number of furan rings is 1. The molecule has 0 saturated heterocycles. The van der Waals surface area contributed by atoms with Gasteiger partial charge in [-0.1, -0.05) is 0 Å². The van der Waals surface area contributed by atoms with Crippen LogP contribution in [0.25, 0.3) is 6.08 Å². The Hall–Kier alpha value is -2.62. The first-order chi connectivity index (χ1) is 12.0. The van der Waals surface area contributed by atoms with Crippen molar-refractivity contribution >= 4 is 52.1 Å². The Morgan fingerprint density at radius 1 is 1.16 bits per heavy atom. The van der Waals surface area contributed by atoms with Gasteiger partial charge >= 0.3 is 5.97 Å². The number of carbonyl (C=O) groups is 3. The Labute approximate surface area is 157 Å². The molecule has 0 spiro atoms. The summed E-state index contributed by atoms with van der Waals surface area (Å²) in [6, 6.07) is 9.79. The SMILES string of the molecule is CNC(=O)c1ccc(NC(=O)COC(=O)/C=C/c2ccc(I)o2)cc1. The number of halogens is 1. The summed E-state index contributed by atoms with van der Waals surface area (Å²) in [5.74, 6) is -0.842. The number of hydrogen-bond acceptors (Lipinski definition) is 5. The van der Waals surface area contributed by atoms with Gasteiger partial charge in [0.15, 0.2) is 10.4 Å². The molecule has 0 bridgehead atoms. The van der Waals surface area contributed by atoms with Crippen LogP contribution in [0.4, 0.5) is 5.69 Å². The fraction of sp³-hybridized carbons (Fsp3) is 0.118. The van der Waals surface area contributed by atoms with E-state index >= 15 is 0 Å². The molecule has 2 amide bonds. The molecular weight excluding hydrogens is 439 g/mol. The number of amides is 2. The predicted molar refractivity (Wildman–Crippen MR) is 99.9 cm³/mol. The molecule has 0 unspecified atom stereocenters. The molecule has 0 saturated carbocycles. The van der Waals surface area contributed by atoms with Crippen LogP contribution in [-0.2, 0) is 14.3 Å². The van der Waals surface area contributed by atoms with Gasteiger partial charge in [0.05, 0.1) is 0 Å². The zero-order chi connectivity index (χ0) is 18.2. The molecule has 0 radical (unpaired) electrons. The molecule has 0 aliphatic heterocycles. The smallest absolute Gasteiger partial charge is 0.331 e. The zero-order valence-corrected chi connectivity index (χ0v) is 15.4. The van der Waals surface area contributed by atoms with Crippen molar-refractivity contribution in [2.75, 3.05) is 19.0 Å². The molecule has 130 valence electrons. The molecule has 8 heteroatoms. The Morgan fingerprint density at radius 2 is 1.88 bits per heavy atom. The maximum atomic E-state index is 11.8. The van der Waals surface area contributed by atoms with Gasteiger partial charge in [-0.25, -0.2) is 4.79 Å². The first-order valence-electron chi connectivity index (χ1n) is 7.20. The van der Waals surface area contributed by atoms with Crippen LogP contribution in [0.15, 0.2) is 46.9 Å². The van der Waals surface area contributed by atoms with Gasteiger partial charge in [0.1, 0.15) is 5.76 Å². The normalized spacial score (nSPS) is 10.5. The van der Waals surface area contributed by atoms with Gasteiger partial charge in [-0.15, -0.1) is 0 Å². The Morgan fingerprint density at radius 3 is 2.48 bits per heavy atom. The van der Waals surface area contributed by atoms with E-state index in [2.05, 4.69) is 10.6 Å². The highest BCUT2D eigenvalue weighted by Crippen LogP contribution is 2.11. The van der Waals surface area contributed by atoms with Crippen LogP contribution in [0.5, 0.6) is 0 Å². The van der Waals surface area contributed by atoms with Crippen LogP contribution in [0.2, 0.25) is 0 Å². The lowest BCUT2D eigenvalue weighted by Crippen LogP contribution is -2.20. The van der Waals surface area contributed by atoms with E-state index in [1.807, 2.05) is 22.6 Å². The molecule has 0 fully saturated rings. The van der Waals surface area contributed by atoms with Crippen LogP contribution in [0, 0.1) is 3.77 Å². The first-order valence-corrected chi connectivity index (χ1v) is 8.28. The summed E-state index contributed by atoms with van der Waals surface area (Å²) in [4.78, 5) is 34.7. The highest BCUT2D eigenvalue weighted by atomic mass is 127. The Balaban J connectivity index is 1.79. The van der Waals surface area contributed by atoms with Crippen molar-refractivity contribution in [2.45, 2.75) is 0 Å². The van der Waals surface area contributed by atoms with Crippen molar-refractivity contribution < 1.29 is 23.5 Å². The lowest BCUT2D eigenvalue weighted by molar-refractivity contribution is -0.142. The molecule has 1 heterocycles. The van der Waals surface area contributed by atoms with Crippen molar-refractivity contribution in [3.63, 3.8) is 0 Å². The predicted octanol–water partition coefficient (Wildman–Crippen LogP) is 2.44. The van der Waals surface area contributed by atoms with E-state index < -0.39 is 18.5 Å². The minimum atomic E-state index is -0.656. The summed E-state index contributed by atoms with van der Waals surface area (Å²) in [7, 11) is 1.54. The van der Waals surface area contributed by atoms with Crippen molar-refractivity contribution in [3.05, 3.63) is 57.6 Å². The second kappa shape index (κ2) is 9.02. The van der Waals surface area contributed by atoms with Crippen molar-refractivity contribution in [1.82, 2.24) is 5.32 Å². The van der Waals surface area contributed by atoms with Gasteiger partial charge in [-0.2, -0.15) is 0 Å². The molecule has 2 rings (SSSR count). The quantitative estimate of drug-likeness (QED) is 0.397. The molecule has 0 aliphatic carbocycles. The minimum Gasteiger partial charge on any atom is -0.452 e. The van der Waals surface area contributed by atoms with E-state index in [4.69, 9.17) is 9.15 Å². The molecule has 1 aromatic carbocycles. The van der Waals surface area contributed by atoms with Gasteiger partial charge in [0, 0.05) is 24.4 Å². The number of carbonyl (C=O) groups excluding carboxylic acids is 3. The molecule has 0 atom stereocenters. The third kappa shape index (κ3) is 6.07. The fourth-order valence-corrected chi connectivity index (χ4v) is 2.23. The summed E-state index contributed by atoms with van der Waals surface area (Å²) in [5, 5.41) is 5.07. The van der Waals surface area contributed by atoms with Gasteiger partial charge in [-0.05, 0) is 65.1 Å². The van der Waals surface area contributed by atoms with E-state index in [-0.39, 0.29) is 5.91 Å². The van der Waals surface area contributed by atoms with Gasteiger partial charge < -0.3 is 19.8 Å². The monoisotopic (exact) mass is 454 g/mol. The lowest BCUT2D eigenvalue weighted by atomic mass is 10.2. The van der Waals surface area contributed by atoms with Crippen LogP contribution < -0.4 is 10.6 Å². The molecule has 1 aromatic heterocycles. The highest BCUT2D eigenvalue weighted by Gasteiger charge is 2.07. The lowest BCUT2D eigenvalue weighted by Gasteiger charge is -2.06. The standard InChI is InChI=1S/C17H15IN2O5/c1-19-17(23)11-2-4-12(5-3-11)20-15(21)10-24-16(22)9-7-13-6-8-14(18)25-13/h2-9H,10H2,1H3,(H,19,23)(H,20,21)/b9-7+. The van der Waals surface area contributed by atoms with Crippen molar-refractivity contribution in [2.24, 2.45) is 0 Å². The number of benzene rings is 1. The summed E-state index contributed by atoms with van der Waals surface area (Å²) < 4.78 is 10.8. The largest absolute Gasteiger partial charge is 0.452 e. The van der Waals surface area contributed by atoms with E-state index in [0.717, 1.165) is 0 Å². The van der Waals surface area contributed by atoms with E-state index in [9.17, 15) is 14.4 Å². The van der Waals surface area contributed by atoms with Crippen LogP contribution in [0.3, 0.4) is 0 Å². The average molecular weight is 454 g/mol. The number of anilines is 1. The fourth-order valence-electron chi connectivity index (χ4n) is 1.80. The summed E-state index contributed by atoms with van der Waals surface area (Å²) >= 11 is 2.01. The number of rotatable bonds is 6. The Kier molecular flexibility index (Phi) is 6.75. The molecule has 0 aliphatic rings. The maximum absolute atomic E-state index is 11.8. The number of esters is 1. The molecular formula is C17H15IN2O5. The number of ether oxygens (including phenoxy) is 1. The van der Waals surface area contributed by atoms with Gasteiger partial charge in [0.2, 0.25) is 0 Å². The van der Waals surface area contributed by atoms with Crippen LogP contribution in [0.1, 0.15) is 16.1 Å². The first kappa shape index (κ1) is 18.7. The minimum absolute atomic E-state index is 0.218. The molecule has 2 N–H and O–H groups in total. The topological polar surface area (TPSA) is 97.6 Å². The van der Waals surface area contributed by atoms with Gasteiger partial charge in [0.25, 0.3) is 11.8 Å². The highest BCUT2D eigenvalue weighted by molar-refractivity contribution is 14.1. The number of hydrogen-bond donors (Lipinski definition) is 2. The van der Waals surface area contributed by atoms with E-state index in [1.54, 1.807) is 36.4 Å². The van der Waals surface area contributed by atoms with Gasteiger partial charge in [-0.3, -0.25) is 9.59 Å². The summed E-state index contributed by atoms with van der Waals surface area (Å²) in [6.45, 7) is -0.421. The zero-order valence-electron chi connectivity index (χ0n) is 13.2. The number of nitrogens with one attached hydrogen (secondary N) is 2. The third-order valence-electron chi connectivity index (χ3n) is 2.98. The molecule has 7 nitrogen and oxygen atoms in total.